The van der Waals surface area contributed by atoms with Crippen molar-refractivity contribution in [1.29, 1.82) is 0 Å². The molecular weight excluding hydrogens is 1190 g/mol. The van der Waals surface area contributed by atoms with Crippen LogP contribution in [0, 0.1) is 0 Å². The molecule has 12 aromatic rings. The predicted octanol–water partition coefficient (Wildman–Crippen LogP) is 19.1. The Morgan fingerprint density at radius 1 is 0.247 bits per heavy atom. The van der Waals surface area contributed by atoms with Crippen molar-refractivity contribution in [2.45, 2.75) is 105 Å². The fourth-order valence-corrected chi connectivity index (χ4v) is 18.4. The maximum atomic E-state index is 2.82. The molecule has 0 atom stereocenters. The summed E-state index contributed by atoms with van der Waals surface area (Å²) in [6.07, 6.45) is 0. The second-order valence-electron chi connectivity index (χ2n) is 30.6. The van der Waals surface area contributed by atoms with Gasteiger partial charge in [0.25, 0.3) is 0 Å². The Bertz CT molecular complexity index is 4660. The van der Waals surface area contributed by atoms with E-state index >= 15 is 0 Å². The van der Waals surface area contributed by atoms with E-state index in [4.69, 9.17) is 0 Å². The van der Waals surface area contributed by atoms with Gasteiger partial charge in [0, 0.05) is 0 Å². The van der Waals surface area contributed by atoms with Gasteiger partial charge in [-0.25, -0.2) is 0 Å². The van der Waals surface area contributed by atoms with Gasteiger partial charge in [-0.1, -0.05) is 0 Å². The first kappa shape index (κ1) is 57.6. The van der Waals surface area contributed by atoms with E-state index in [1.54, 1.807) is 0 Å². The Morgan fingerprint density at radius 3 is 0.860 bits per heavy atom. The van der Waals surface area contributed by atoms with Gasteiger partial charge in [0.1, 0.15) is 0 Å². The zero-order valence-corrected chi connectivity index (χ0v) is 57.2. The summed E-state index contributed by atoms with van der Waals surface area (Å²) in [6.45, 7) is 28.2. The molecule has 11 aromatic carbocycles. The van der Waals surface area contributed by atoms with Crippen LogP contribution in [-0.4, -0.2) is 27.9 Å². The molecule has 4 nitrogen and oxygen atoms in total. The third kappa shape index (κ3) is 8.93. The van der Waals surface area contributed by atoms with Crippen molar-refractivity contribution in [3.05, 3.63) is 265 Å². The Morgan fingerprint density at radius 2 is 0.538 bits per heavy atom. The standard InChI is InChI=1S/C86H76B2N4Se/c1-83(2,3)59-47-60(84(4,5)6)50-63(49-59)89-69-39-27-25-37-65(69)87-67-41-42-68-78-77(67)91(73-45-57(43-71(89)75(73)87)53-29-17-13-18-30-53)79-80(82(56-35-23-16-24-36-56)93-81(79)55-33-21-15-22-34-55)92(78)74-46-58(54-31-19-14-20-32-54)44-72-76(74)88(68)66-38-26-28-40-70(66)90(72)64-51-61(85(7,8)9)48-62(52-64)86(10,11)12/h13-52H,1-12H3. The Labute approximate surface area is 556 Å². The fraction of sp³-hybridized carbons (Fsp3) is 0.186. The fourth-order valence-electron chi connectivity index (χ4n) is 15.7. The molecule has 6 heterocycles. The topological polar surface area (TPSA) is 13.0 Å². The molecule has 0 saturated carbocycles. The summed E-state index contributed by atoms with van der Waals surface area (Å²) in [5.41, 5.74) is 35.0. The maximum absolute atomic E-state index is 2.82. The van der Waals surface area contributed by atoms with Gasteiger partial charge in [-0.3, -0.25) is 0 Å². The van der Waals surface area contributed by atoms with Gasteiger partial charge in [0.15, 0.2) is 0 Å². The number of benzene rings is 11. The average molecular weight is 1270 g/mol. The summed E-state index contributed by atoms with van der Waals surface area (Å²) >= 11 is -0.150. The second kappa shape index (κ2) is 20.6. The van der Waals surface area contributed by atoms with Gasteiger partial charge in [0.2, 0.25) is 0 Å². The number of hydrogen-bond donors (Lipinski definition) is 0. The minimum atomic E-state index is -0.150. The molecule has 17 rings (SSSR count). The molecule has 0 bridgehead atoms. The molecule has 5 aliphatic heterocycles. The van der Waals surface area contributed by atoms with E-state index in [9.17, 15) is 0 Å². The monoisotopic (exact) mass is 1270 g/mol. The Hall–Kier alpha value is -9.25. The van der Waals surface area contributed by atoms with Crippen molar-refractivity contribution in [3.63, 3.8) is 0 Å². The summed E-state index contributed by atoms with van der Waals surface area (Å²) in [5, 5.41) is 0. The van der Waals surface area contributed by atoms with E-state index in [1.165, 1.54) is 166 Å². The van der Waals surface area contributed by atoms with Gasteiger partial charge in [-0.15, -0.1) is 0 Å². The van der Waals surface area contributed by atoms with E-state index in [0.29, 0.717) is 0 Å². The van der Waals surface area contributed by atoms with Gasteiger partial charge in [-0.2, -0.15) is 0 Å². The van der Waals surface area contributed by atoms with Gasteiger partial charge in [-0.05, 0) is 0 Å². The number of para-hydroxylation sites is 2. The summed E-state index contributed by atoms with van der Waals surface area (Å²) in [4.78, 5) is 10.9. The van der Waals surface area contributed by atoms with Crippen molar-refractivity contribution in [1.82, 2.24) is 0 Å². The average Bonchev–Trinajstić information content (AvgIpc) is 1.60. The van der Waals surface area contributed by atoms with E-state index in [-0.39, 0.29) is 49.6 Å². The number of hydrogen-bond acceptors (Lipinski definition) is 4. The van der Waals surface area contributed by atoms with Crippen LogP contribution in [0.2, 0.25) is 0 Å². The summed E-state index contributed by atoms with van der Waals surface area (Å²) in [7, 11) is 0. The van der Waals surface area contributed by atoms with Crippen LogP contribution < -0.4 is 52.4 Å². The molecule has 1 aromatic heterocycles. The molecule has 0 saturated heterocycles. The number of rotatable bonds is 6. The Balaban J connectivity index is 1.04. The second-order valence-corrected chi connectivity index (χ2v) is 32.7. The first-order chi connectivity index (χ1) is 44.7. The first-order valence-corrected chi connectivity index (χ1v) is 35.0. The molecule has 0 spiro atoms. The zero-order valence-electron chi connectivity index (χ0n) is 55.4. The third-order valence-corrected chi connectivity index (χ3v) is 23.1. The van der Waals surface area contributed by atoms with Crippen molar-refractivity contribution in [3.8, 4) is 42.3 Å². The van der Waals surface area contributed by atoms with Crippen LogP contribution in [0.5, 0.6) is 0 Å². The van der Waals surface area contributed by atoms with E-state index in [0.717, 1.165) is 0 Å². The third-order valence-electron chi connectivity index (χ3n) is 20.5. The summed E-state index contributed by atoms with van der Waals surface area (Å²) in [6, 6.07) is 94.2. The van der Waals surface area contributed by atoms with Gasteiger partial charge >= 0.3 is 560 Å². The minimum absolute atomic E-state index is 0.0912. The normalized spacial score (nSPS) is 14.1. The number of nitrogens with zero attached hydrogens (tertiary/aromatic N) is 4. The summed E-state index contributed by atoms with van der Waals surface area (Å²) < 4.78 is 2.76. The molecule has 5 aliphatic rings. The molecule has 0 aliphatic carbocycles. The summed E-state index contributed by atoms with van der Waals surface area (Å²) in [5.74, 6) is 0. The van der Waals surface area contributed by atoms with Crippen LogP contribution in [0.4, 0.5) is 68.2 Å². The van der Waals surface area contributed by atoms with Crippen molar-refractivity contribution >= 4 is 129 Å². The van der Waals surface area contributed by atoms with E-state index in [2.05, 4.69) is 345 Å². The van der Waals surface area contributed by atoms with E-state index < -0.39 is 0 Å². The van der Waals surface area contributed by atoms with Gasteiger partial charge in [0.05, 0.1) is 0 Å². The van der Waals surface area contributed by atoms with Crippen LogP contribution in [0.1, 0.15) is 105 Å². The van der Waals surface area contributed by atoms with Crippen LogP contribution >= 0.6 is 0 Å². The first-order valence-electron chi connectivity index (χ1n) is 33.3. The van der Waals surface area contributed by atoms with Crippen molar-refractivity contribution < 1.29 is 0 Å². The molecule has 7 heteroatoms. The van der Waals surface area contributed by atoms with Crippen LogP contribution in [-0.2, 0) is 21.7 Å². The molecule has 0 fully saturated rings. The van der Waals surface area contributed by atoms with Gasteiger partial charge < -0.3 is 0 Å². The number of anilines is 12. The van der Waals surface area contributed by atoms with Crippen molar-refractivity contribution in [2.24, 2.45) is 0 Å². The molecule has 0 radical (unpaired) electrons. The van der Waals surface area contributed by atoms with Crippen LogP contribution in [0.15, 0.2) is 243 Å². The van der Waals surface area contributed by atoms with Crippen molar-refractivity contribution in [2.75, 3.05) is 19.6 Å². The van der Waals surface area contributed by atoms with E-state index in [1.807, 2.05) is 0 Å². The predicted molar refractivity (Wildman–Crippen MR) is 402 cm³/mol. The quantitative estimate of drug-likeness (QED) is 0.154. The molecule has 0 unspecified atom stereocenters. The Kier molecular flexibility index (Phi) is 12.8. The molecule has 0 N–H and O–H groups in total. The molecule has 93 heavy (non-hydrogen) atoms. The zero-order chi connectivity index (χ0) is 63.8. The van der Waals surface area contributed by atoms with Crippen LogP contribution in [0.3, 0.4) is 0 Å². The molecule has 452 valence electrons. The molecular formula is C86H76B2N4Se. The molecule has 0 amide bonds. The van der Waals surface area contributed by atoms with Crippen LogP contribution in [0.25, 0.3) is 42.3 Å². The SMILES string of the molecule is CC(C)(C)c1cc(N2c3ccccc3B3c4ccc5c6c4N(c4cc(-c7ccccc7)cc2c43)c2c(-c3ccccc3)[se]c(-c3ccccc3)c2N6c2cc(-c3ccccc3)cc3c2B5c2ccccc2N3c2cc(C(C)(C)C)cc(C(C)(C)C)c2)cc(C(C)(C)C)c1. The number of fused-ring (bicyclic) bond motifs is 11.